The number of nitro groups is 1. The van der Waals surface area contributed by atoms with Gasteiger partial charge in [-0.3, -0.25) is 14.9 Å². The van der Waals surface area contributed by atoms with Gasteiger partial charge in [0.1, 0.15) is 12.0 Å². The lowest BCUT2D eigenvalue weighted by molar-refractivity contribution is -0.385. The van der Waals surface area contributed by atoms with Gasteiger partial charge in [-0.2, -0.15) is 0 Å². The maximum Gasteiger partial charge on any atom is 0.306 e. The lowest BCUT2D eigenvalue weighted by atomic mass is 10.2. The fourth-order valence-electron chi connectivity index (χ4n) is 1.30. The highest BCUT2D eigenvalue weighted by Gasteiger charge is 2.15. The number of ether oxygens (including phenoxy) is 1. The van der Waals surface area contributed by atoms with E-state index in [9.17, 15) is 14.9 Å². The van der Waals surface area contributed by atoms with Crippen molar-refractivity contribution in [3.63, 3.8) is 0 Å². The van der Waals surface area contributed by atoms with Crippen LogP contribution >= 0.6 is 11.6 Å². The summed E-state index contributed by atoms with van der Waals surface area (Å²) in [6.45, 7) is 0.174. The molecule has 104 valence electrons. The van der Waals surface area contributed by atoms with Crippen LogP contribution in [0, 0.1) is 10.1 Å². The van der Waals surface area contributed by atoms with Gasteiger partial charge >= 0.3 is 5.97 Å². The molecule has 1 aromatic heterocycles. The smallest absolute Gasteiger partial charge is 0.306 e. The number of aliphatic carboxylic acids is 1. The molecule has 8 nitrogen and oxygen atoms in total. The number of halogens is 1. The van der Waals surface area contributed by atoms with Crippen molar-refractivity contribution in [2.24, 2.45) is 0 Å². The number of pyridine rings is 1. The SMILES string of the molecule is COC(CNc1ncc([N+](=O)[O-])cc1Cl)CC(=O)O. The third kappa shape index (κ3) is 4.68. The number of aromatic nitrogens is 1. The maximum atomic E-state index is 10.5. The first-order valence-electron chi connectivity index (χ1n) is 5.22. The van der Waals surface area contributed by atoms with Crippen molar-refractivity contribution in [3.05, 3.63) is 27.4 Å². The molecular formula is C10H12ClN3O5. The van der Waals surface area contributed by atoms with Gasteiger partial charge in [0.25, 0.3) is 5.69 Å². The number of carboxylic acid groups (broad SMARTS) is 1. The topological polar surface area (TPSA) is 115 Å². The van der Waals surface area contributed by atoms with E-state index in [1.807, 2.05) is 0 Å². The average molecular weight is 290 g/mol. The Morgan fingerprint density at radius 2 is 2.42 bits per heavy atom. The standard InChI is InChI=1S/C10H12ClN3O5/c1-19-7(3-9(15)16)5-13-10-8(11)2-6(4-12-10)14(17)18/h2,4,7H,3,5H2,1H3,(H,12,13)(H,15,16). The van der Waals surface area contributed by atoms with Gasteiger partial charge in [-0.1, -0.05) is 11.6 Å². The van der Waals surface area contributed by atoms with Crippen molar-refractivity contribution in [2.45, 2.75) is 12.5 Å². The molecule has 0 aromatic carbocycles. The van der Waals surface area contributed by atoms with Crippen molar-refractivity contribution in [1.82, 2.24) is 4.98 Å². The molecule has 1 unspecified atom stereocenters. The Balaban J connectivity index is 2.67. The number of hydrogen-bond donors (Lipinski definition) is 2. The zero-order chi connectivity index (χ0) is 14.4. The van der Waals surface area contributed by atoms with E-state index >= 15 is 0 Å². The zero-order valence-electron chi connectivity index (χ0n) is 10.00. The average Bonchev–Trinajstić information content (AvgIpc) is 2.34. The van der Waals surface area contributed by atoms with E-state index in [1.54, 1.807) is 0 Å². The molecule has 1 rings (SSSR count). The second-order valence-electron chi connectivity index (χ2n) is 3.62. The Morgan fingerprint density at radius 1 is 1.74 bits per heavy atom. The number of nitrogens with one attached hydrogen (secondary N) is 1. The normalized spacial score (nSPS) is 11.9. The van der Waals surface area contributed by atoms with E-state index in [1.165, 1.54) is 7.11 Å². The predicted molar refractivity (Wildman–Crippen MR) is 67.4 cm³/mol. The first-order valence-corrected chi connectivity index (χ1v) is 5.60. The second-order valence-corrected chi connectivity index (χ2v) is 4.02. The van der Waals surface area contributed by atoms with Crippen molar-refractivity contribution in [3.8, 4) is 0 Å². The second kappa shape index (κ2) is 6.86. The molecule has 1 aromatic rings. The first kappa shape index (κ1) is 15.1. The summed E-state index contributed by atoms with van der Waals surface area (Å²) in [6.07, 6.45) is 0.340. The quantitative estimate of drug-likeness (QED) is 0.578. The van der Waals surface area contributed by atoms with E-state index in [4.69, 9.17) is 21.4 Å². The summed E-state index contributed by atoms with van der Waals surface area (Å²) in [5.41, 5.74) is -0.218. The van der Waals surface area contributed by atoms with Gasteiger partial charge in [0.2, 0.25) is 0 Å². The first-order chi connectivity index (χ1) is 8.93. The van der Waals surface area contributed by atoms with Crippen LogP contribution in [0.5, 0.6) is 0 Å². The molecule has 1 heterocycles. The van der Waals surface area contributed by atoms with Gasteiger partial charge in [0, 0.05) is 19.7 Å². The third-order valence-corrected chi connectivity index (χ3v) is 2.56. The van der Waals surface area contributed by atoms with Crippen LogP contribution in [0.25, 0.3) is 0 Å². The van der Waals surface area contributed by atoms with Crippen molar-refractivity contribution in [1.29, 1.82) is 0 Å². The zero-order valence-corrected chi connectivity index (χ0v) is 10.8. The molecule has 0 aliphatic carbocycles. The highest BCUT2D eigenvalue weighted by atomic mass is 35.5. The highest BCUT2D eigenvalue weighted by Crippen LogP contribution is 2.23. The van der Waals surface area contributed by atoms with Crippen LogP contribution in [0.4, 0.5) is 11.5 Å². The van der Waals surface area contributed by atoms with Crippen LogP contribution in [0.2, 0.25) is 5.02 Å². The molecule has 0 aliphatic heterocycles. The molecule has 19 heavy (non-hydrogen) atoms. The molecular weight excluding hydrogens is 278 g/mol. The summed E-state index contributed by atoms with van der Waals surface area (Å²) in [7, 11) is 1.39. The highest BCUT2D eigenvalue weighted by molar-refractivity contribution is 6.33. The molecule has 0 spiro atoms. The summed E-state index contributed by atoms with van der Waals surface area (Å²) in [6, 6.07) is 1.16. The van der Waals surface area contributed by atoms with Crippen LogP contribution in [0.3, 0.4) is 0 Å². The van der Waals surface area contributed by atoms with Crippen molar-refractivity contribution >= 4 is 29.1 Å². The van der Waals surface area contributed by atoms with Crippen LogP contribution < -0.4 is 5.32 Å². The Kier molecular flexibility index (Phi) is 5.46. The Labute approximate surface area is 113 Å². The van der Waals surface area contributed by atoms with Gasteiger partial charge in [0.05, 0.1) is 22.5 Å². The summed E-state index contributed by atoms with van der Waals surface area (Å²) in [5.74, 6) is -0.754. The fraction of sp³-hybridized carbons (Fsp3) is 0.400. The van der Waals surface area contributed by atoms with E-state index in [2.05, 4.69) is 10.3 Å². The van der Waals surface area contributed by atoms with Gasteiger partial charge in [-0.05, 0) is 0 Å². The minimum Gasteiger partial charge on any atom is -0.481 e. The number of hydrogen-bond acceptors (Lipinski definition) is 6. The van der Waals surface area contributed by atoms with Gasteiger partial charge in [0.15, 0.2) is 0 Å². The summed E-state index contributed by atoms with van der Waals surface area (Å²) >= 11 is 5.82. The Morgan fingerprint density at radius 3 is 2.89 bits per heavy atom. The molecule has 0 bridgehead atoms. The largest absolute Gasteiger partial charge is 0.481 e. The number of carboxylic acids is 1. The number of anilines is 1. The fourth-order valence-corrected chi connectivity index (χ4v) is 1.53. The number of carbonyl (C=O) groups is 1. The van der Waals surface area contributed by atoms with Gasteiger partial charge < -0.3 is 15.2 Å². The molecule has 0 saturated carbocycles. The molecule has 1 atom stereocenters. The molecule has 0 saturated heterocycles. The monoisotopic (exact) mass is 289 g/mol. The van der Waals surface area contributed by atoms with E-state index in [0.29, 0.717) is 0 Å². The van der Waals surface area contributed by atoms with E-state index in [-0.39, 0.29) is 29.5 Å². The molecule has 0 aliphatic rings. The van der Waals surface area contributed by atoms with Crippen molar-refractivity contribution < 1.29 is 19.6 Å². The predicted octanol–water partition coefficient (Wildman–Crippen LogP) is 1.54. The third-order valence-electron chi connectivity index (χ3n) is 2.27. The van der Waals surface area contributed by atoms with Gasteiger partial charge in [-0.15, -0.1) is 0 Å². The lowest BCUT2D eigenvalue weighted by Gasteiger charge is -2.14. The molecule has 2 N–H and O–H groups in total. The van der Waals surface area contributed by atoms with Crippen LogP contribution in [0.1, 0.15) is 6.42 Å². The number of rotatable bonds is 7. The van der Waals surface area contributed by atoms with E-state index in [0.717, 1.165) is 12.3 Å². The minimum atomic E-state index is -0.989. The van der Waals surface area contributed by atoms with E-state index < -0.39 is 17.0 Å². The summed E-state index contributed by atoms with van der Waals surface area (Å²) < 4.78 is 4.96. The van der Waals surface area contributed by atoms with Gasteiger partial charge in [-0.25, -0.2) is 4.98 Å². The Hall–Kier alpha value is -1.93. The molecule has 9 heteroatoms. The Bertz CT molecular complexity index is 482. The minimum absolute atomic E-state index is 0.0828. The number of methoxy groups -OCH3 is 1. The molecule has 0 radical (unpaired) electrons. The maximum absolute atomic E-state index is 10.5. The summed E-state index contributed by atoms with van der Waals surface area (Å²) in [4.78, 5) is 24.2. The van der Waals surface area contributed by atoms with Crippen molar-refractivity contribution in [2.75, 3.05) is 19.0 Å². The lowest BCUT2D eigenvalue weighted by Crippen LogP contribution is -2.25. The molecule has 0 amide bonds. The number of nitrogens with zero attached hydrogens (tertiary/aromatic N) is 2. The summed E-state index contributed by atoms with van der Waals surface area (Å²) in [5, 5.41) is 22.0. The molecule has 0 fully saturated rings. The van der Waals surface area contributed by atoms with Crippen LogP contribution in [-0.4, -0.2) is 40.7 Å². The van der Waals surface area contributed by atoms with Crippen LogP contribution in [0.15, 0.2) is 12.3 Å². The van der Waals surface area contributed by atoms with Crippen LogP contribution in [-0.2, 0) is 9.53 Å².